The summed E-state index contributed by atoms with van der Waals surface area (Å²) in [5, 5.41) is 12.5. The van der Waals surface area contributed by atoms with Gasteiger partial charge in [-0.1, -0.05) is 15.9 Å². The molecule has 96 valence electrons. The van der Waals surface area contributed by atoms with E-state index in [0.717, 1.165) is 20.3 Å². The van der Waals surface area contributed by atoms with Gasteiger partial charge in [-0.3, -0.25) is 9.78 Å². The van der Waals surface area contributed by atoms with Crippen LogP contribution in [0.3, 0.4) is 0 Å². The van der Waals surface area contributed by atoms with Crippen LogP contribution in [0.2, 0.25) is 0 Å². The Morgan fingerprint density at radius 3 is 2.42 bits per heavy atom. The van der Waals surface area contributed by atoms with Gasteiger partial charge in [0.2, 0.25) is 5.69 Å². The van der Waals surface area contributed by atoms with Crippen molar-refractivity contribution in [2.45, 2.75) is 13.8 Å². The highest BCUT2D eigenvalue weighted by Crippen LogP contribution is 2.23. The van der Waals surface area contributed by atoms with Crippen molar-refractivity contribution in [3.8, 4) is 11.8 Å². The number of rotatable bonds is 1. The molecule has 1 aromatic heterocycles. The number of H-pyrrole nitrogens is 1. The van der Waals surface area contributed by atoms with E-state index >= 15 is 0 Å². The van der Waals surface area contributed by atoms with Crippen molar-refractivity contribution >= 4 is 15.9 Å². The molecule has 0 radical (unpaired) electrons. The van der Waals surface area contributed by atoms with E-state index in [4.69, 9.17) is 5.26 Å². The Labute approximate surface area is 116 Å². The number of aromatic nitrogens is 3. The lowest BCUT2D eigenvalue weighted by molar-refractivity contribution is 0.739. The van der Waals surface area contributed by atoms with Gasteiger partial charge in [0.15, 0.2) is 0 Å². The SMILES string of the molecule is Cc1cc(-n2nc(C#N)c(=O)[nH]c2=O)cc(C)c1Br. The van der Waals surface area contributed by atoms with Crippen LogP contribution in [0.1, 0.15) is 16.8 Å². The monoisotopic (exact) mass is 320 g/mol. The summed E-state index contributed by atoms with van der Waals surface area (Å²) < 4.78 is 1.95. The van der Waals surface area contributed by atoms with Gasteiger partial charge in [-0.2, -0.15) is 9.94 Å². The number of halogens is 1. The van der Waals surface area contributed by atoms with Gasteiger partial charge in [0, 0.05) is 4.47 Å². The van der Waals surface area contributed by atoms with Crippen LogP contribution in [0, 0.1) is 25.2 Å². The van der Waals surface area contributed by atoms with Crippen molar-refractivity contribution in [3.05, 3.63) is 54.3 Å². The van der Waals surface area contributed by atoms with Crippen LogP contribution in [0.5, 0.6) is 0 Å². The summed E-state index contributed by atoms with van der Waals surface area (Å²) in [6.45, 7) is 3.75. The van der Waals surface area contributed by atoms with Crippen molar-refractivity contribution in [2.75, 3.05) is 0 Å². The zero-order chi connectivity index (χ0) is 14.2. The molecule has 0 unspecified atom stereocenters. The second-order valence-electron chi connectivity index (χ2n) is 4.03. The highest BCUT2D eigenvalue weighted by Gasteiger charge is 2.10. The first-order chi connectivity index (χ1) is 8.93. The molecule has 0 aliphatic heterocycles. The van der Waals surface area contributed by atoms with Gasteiger partial charge in [0.25, 0.3) is 5.56 Å². The Bertz CT molecular complexity index is 791. The molecule has 1 aromatic carbocycles. The maximum Gasteiger partial charge on any atom is 0.349 e. The molecule has 2 rings (SSSR count). The molecule has 0 aliphatic rings. The van der Waals surface area contributed by atoms with Crippen LogP contribution in [-0.4, -0.2) is 14.8 Å². The largest absolute Gasteiger partial charge is 0.349 e. The highest BCUT2D eigenvalue weighted by atomic mass is 79.9. The lowest BCUT2D eigenvalue weighted by Gasteiger charge is -2.08. The summed E-state index contributed by atoms with van der Waals surface area (Å²) >= 11 is 3.43. The molecule has 0 fully saturated rings. The predicted molar refractivity (Wildman–Crippen MR) is 72.3 cm³/mol. The number of nitrogens with one attached hydrogen (secondary N) is 1. The van der Waals surface area contributed by atoms with E-state index < -0.39 is 11.2 Å². The second-order valence-corrected chi connectivity index (χ2v) is 4.82. The van der Waals surface area contributed by atoms with Crippen molar-refractivity contribution in [1.82, 2.24) is 14.8 Å². The highest BCUT2D eigenvalue weighted by molar-refractivity contribution is 9.10. The van der Waals surface area contributed by atoms with Crippen LogP contribution in [0.4, 0.5) is 0 Å². The lowest BCUT2D eigenvalue weighted by atomic mass is 10.1. The third-order valence-electron chi connectivity index (χ3n) is 2.60. The summed E-state index contributed by atoms with van der Waals surface area (Å²) in [6, 6.07) is 5.13. The van der Waals surface area contributed by atoms with Crippen LogP contribution in [0.15, 0.2) is 26.2 Å². The molecule has 1 N–H and O–H groups in total. The van der Waals surface area contributed by atoms with Gasteiger partial charge < -0.3 is 0 Å². The van der Waals surface area contributed by atoms with Gasteiger partial charge in [-0.05, 0) is 37.1 Å². The number of hydrogen-bond donors (Lipinski definition) is 1. The van der Waals surface area contributed by atoms with Gasteiger partial charge in [0.05, 0.1) is 5.69 Å². The topological polar surface area (TPSA) is 91.5 Å². The molecule has 0 amide bonds. The van der Waals surface area contributed by atoms with Crippen LogP contribution >= 0.6 is 15.9 Å². The maximum atomic E-state index is 11.7. The van der Waals surface area contributed by atoms with Crippen LogP contribution in [0.25, 0.3) is 5.69 Å². The Hall–Kier alpha value is -2.20. The van der Waals surface area contributed by atoms with Gasteiger partial charge in [0.1, 0.15) is 6.07 Å². The number of hydrogen-bond acceptors (Lipinski definition) is 4. The molecule has 0 aliphatic carbocycles. The molecule has 0 saturated carbocycles. The summed E-state index contributed by atoms with van der Waals surface area (Å²) in [6.07, 6.45) is 0. The van der Waals surface area contributed by atoms with Crippen molar-refractivity contribution in [2.24, 2.45) is 0 Å². The first-order valence-electron chi connectivity index (χ1n) is 5.35. The molecular weight excluding hydrogens is 312 g/mol. The van der Waals surface area contributed by atoms with Crippen LogP contribution < -0.4 is 11.2 Å². The molecule has 0 saturated heterocycles. The minimum atomic E-state index is -0.783. The number of aryl methyl sites for hydroxylation is 2. The number of nitrogens with zero attached hydrogens (tertiary/aromatic N) is 3. The molecule has 19 heavy (non-hydrogen) atoms. The lowest BCUT2D eigenvalue weighted by Crippen LogP contribution is -2.33. The molecule has 7 heteroatoms. The zero-order valence-corrected chi connectivity index (χ0v) is 11.8. The Morgan fingerprint density at radius 2 is 1.89 bits per heavy atom. The van der Waals surface area contributed by atoms with Crippen molar-refractivity contribution in [3.63, 3.8) is 0 Å². The number of benzene rings is 1. The smallest absolute Gasteiger partial charge is 0.270 e. The summed E-state index contributed by atoms with van der Waals surface area (Å²) in [5.41, 5.74) is 0.537. The van der Waals surface area contributed by atoms with Crippen molar-refractivity contribution < 1.29 is 0 Å². The van der Waals surface area contributed by atoms with E-state index in [1.165, 1.54) is 0 Å². The Morgan fingerprint density at radius 1 is 1.32 bits per heavy atom. The van der Waals surface area contributed by atoms with E-state index in [-0.39, 0.29) is 5.69 Å². The average molecular weight is 321 g/mol. The number of aromatic amines is 1. The Kier molecular flexibility index (Phi) is 3.36. The first-order valence-corrected chi connectivity index (χ1v) is 6.14. The van der Waals surface area contributed by atoms with E-state index in [1.54, 1.807) is 18.2 Å². The number of nitriles is 1. The first kappa shape index (κ1) is 13.2. The van der Waals surface area contributed by atoms with E-state index in [2.05, 4.69) is 26.0 Å². The van der Waals surface area contributed by atoms with Crippen LogP contribution in [-0.2, 0) is 0 Å². The molecule has 1 heterocycles. The molecular formula is C12H9BrN4O2. The average Bonchev–Trinajstić information content (AvgIpc) is 2.35. The second kappa shape index (κ2) is 4.82. The molecule has 0 atom stereocenters. The summed E-state index contributed by atoms with van der Waals surface area (Å²) in [4.78, 5) is 25.1. The summed E-state index contributed by atoms with van der Waals surface area (Å²) in [5.74, 6) is 0. The van der Waals surface area contributed by atoms with E-state index in [0.29, 0.717) is 5.69 Å². The van der Waals surface area contributed by atoms with E-state index in [9.17, 15) is 9.59 Å². The fourth-order valence-corrected chi connectivity index (χ4v) is 1.92. The van der Waals surface area contributed by atoms with Gasteiger partial charge >= 0.3 is 5.69 Å². The predicted octanol–water partition coefficient (Wildman–Crippen LogP) is 1.17. The molecule has 0 spiro atoms. The van der Waals surface area contributed by atoms with Crippen molar-refractivity contribution in [1.29, 1.82) is 5.26 Å². The quantitative estimate of drug-likeness (QED) is 0.853. The summed E-state index contributed by atoms with van der Waals surface area (Å²) in [7, 11) is 0. The standard InChI is InChI=1S/C12H9BrN4O2/c1-6-3-8(4-7(2)10(6)13)17-12(19)15-11(18)9(5-14)16-17/h3-4H,1-2H3,(H,15,18,19). The third kappa shape index (κ3) is 2.35. The van der Waals surface area contributed by atoms with Gasteiger partial charge in [-0.15, -0.1) is 5.10 Å². The molecule has 6 nitrogen and oxygen atoms in total. The fraction of sp³-hybridized carbons (Fsp3) is 0.167. The fourth-order valence-electron chi connectivity index (χ4n) is 1.69. The zero-order valence-electron chi connectivity index (χ0n) is 10.2. The molecule has 2 aromatic rings. The molecule has 0 bridgehead atoms. The minimum Gasteiger partial charge on any atom is -0.270 e. The third-order valence-corrected chi connectivity index (χ3v) is 3.85. The minimum absolute atomic E-state index is 0.349. The van der Waals surface area contributed by atoms with Gasteiger partial charge in [-0.25, -0.2) is 4.79 Å². The Balaban J connectivity index is 2.77. The maximum absolute atomic E-state index is 11.7. The normalized spacial score (nSPS) is 10.2. The van der Waals surface area contributed by atoms with E-state index in [1.807, 2.05) is 13.8 Å².